The predicted octanol–water partition coefficient (Wildman–Crippen LogP) is 3.81. The van der Waals surface area contributed by atoms with Crippen LogP contribution in [0.3, 0.4) is 0 Å². The number of imide groups is 1. The maximum absolute atomic E-state index is 13.8. The van der Waals surface area contributed by atoms with Gasteiger partial charge in [-0.3, -0.25) is 19.2 Å². The number of hydrogen-bond donors (Lipinski definition) is 3. The van der Waals surface area contributed by atoms with E-state index in [2.05, 4.69) is 39.2 Å². The topological polar surface area (TPSA) is 160 Å². The van der Waals surface area contributed by atoms with Gasteiger partial charge in [0.05, 0.1) is 12.4 Å². The smallest absolute Gasteiger partial charge is 0.328 e. The van der Waals surface area contributed by atoms with E-state index >= 15 is 0 Å². The minimum Gasteiger partial charge on any atom is -0.388 e. The Balaban J connectivity index is 1.05. The number of carbonyl (C=O) groups excluding carboxylic acids is 2. The number of aliphatic hydroxyl groups is 2. The van der Waals surface area contributed by atoms with Gasteiger partial charge in [-0.2, -0.15) is 0 Å². The van der Waals surface area contributed by atoms with E-state index < -0.39 is 35.9 Å². The molecule has 7 rings (SSSR count). The van der Waals surface area contributed by atoms with Crippen molar-refractivity contribution in [1.82, 2.24) is 29.3 Å². The van der Waals surface area contributed by atoms with E-state index in [-0.39, 0.29) is 31.2 Å². The molecule has 4 N–H and O–H groups in total. The lowest BCUT2D eigenvalue weighted by molar-refractivity contribution is -0.126. The number of anilines is 1. The highest BCUT2D eigenvalue weighted by molar-refractivity contribution is 7.99. The maximum Gasteiger partial charge on any atom is 0.328 e. The summed E-state index contributed by atoms with van der Waals surface area (Å²) in [6.45, 7) is 0.279. The summed E-state index contributed by atoms with van der Waals surface area (Å²) in [5, 5.41) is 21.0. The molecule has 13 heteroatoms. The van der Waals surface area contributed by atoms with Gasteiger partial charge in [-0.05, 0) is 28.7 Å². The van der Waals surface area contributed by atoms with Crippen molar-refractivity contribution in [2.75, 3.05) is 12.3 Å². The van der Waals surface area contributed by atoms with Crippen LogP contribution >= 0.6 is 11.8 Å². The number of nitrogens with zero attached hydrogens (tertiary/aromatic N) is 6. The van der Waals surface area contributed by atoms with Gasteiger partial charge in [0.25, 0.3) is 5.91 Å². The van der Waals surface area contributed by atoms with E-state index in [1.54, 1.807) is 4.90 Å². The fraction of sp³-hybridized carbons (Fsp3) is 0.265. The quantitative estimate of drug-likeness (QED) is 0.190. The van der Waals surface area contributed by atoms with Crippen molar-refractivity contribution in [2.45, 2.75) is 48.6 Å². The zero-order valence-electron chi connectivity index (χ0n) is 25.2. The Morgan fingerprint density at radius 3 is 2.28 bits per heavy atom. The van der Waals surface area contributed by atoms with Gasteiger partial charge >= 0.3 is 6.03 Å². The Kier molecular flexibility index (Phi) is 8.60. The maximum atomic E-state index is 13.8. The van der Waals surface area contributed by atoms with Crippen LogP contribution in [-0.2, 0) is 21.8 Å². The van der Waals surface area contributed by atoms with Crippen molar-refractivity contribution >= 4 is 40.7 Å². The normalized spacial score (nSPS) is 22.9. The van der Waals surface area contributed by atoms with Gasteiger partial charge in [0.1, 0.15) is 24.1 Å². The number of nitrogens with two attached hydrogens (primary N) is 1. The number of fused-ring (bicyclic) bond motifs is 1. The van der Waals surface area contributed by atoms with Crippen molar-refractivity contribution in [1.29, 1.82) is 0 Å². The average molecular weight is 652 g/mol. The highest BCUT2D eigenvalue weighted by Crippen LogP contribution is 2.35. The van der Waals surface area contributed by atoms with Crippen LogP contribution in [0.1, 0.15) is 23.8 Å². The molecule has 3 aromatic carbocycles. The summed E-state index contributed by atoms with van der Waals surface area (Å²) < 4.78 is 7.55. The first-order valence-corrected chi connectivity index (χ1v) is 16.3. The number of benzene rings is 3. The summed E-state index contributed by atoms with van der Waals surface area (Å²) >= 11 is 1.40. The largest absolute Gasteiger partial charge is 0.388 e. The number of amides is 3. The number of hydrogen-bond acceptors (Lipinski definition) is 10. The third kappa shape index (κ3) is 6.05. The molecule has 1 unspecified atom stereocenters. The molecule has 0 radical (unpaired) electrons. The second kappa shape index (κ2) is 13.1. The number of aliphatic hydroxyl groups excluding tert-OH is 2. The molecule has 2 fully saturated rings. The van der Waals surface area contributed by atoms with Crippen molar-refractivity contribution in [2.24, 2.45) is 0 Å². The molecule has 2 saturated heterocycles. The van der Waals surface area contributed by atoms with E-state index in [4.69, 9.17) is 10.5 Å². The molecule has 0 spiro atoms. The molecule has 4 heterocycles. The molecule has 0 bridgehead atoms. The van der Waals surface area contributed by atoms with Crippen LogP contribution in [-0.4, -0.2) is 81.7 Å². The Morgan fingerprint density at radius 2 is 1.53 bits per heavy atom. The Morgan fingerprint density at radius 1 is 0.830 bits per heavy atom. The molecule has 5 atom stereocenters. The van der Waals surface area contributed by atoms with Crippen LogP contribution in [0.5, 0.6) is 0 Å². The summed E-state index contributed by atoms with van der Waals surface area (Å²) in [5.74, 6) is 0.388. The predicted molar refractivity (Wildman–Crippen MR) is 176 cm³/mol. The number of ether oxygens (including phenoxy) is 1. The number of aromatic nitrogens is 4. The van der Waals surface area contributed by atoms with Crippen LogP contribution in [0.15, 0.2) is 97.6 Å². The summed E-state index contributed by atoms with van der Waals surface area (Å²) in [6.07, 6.45) is -1.60. The SMILES string of the molecule is Nc1ncnc2c1ncn2[C@@H]1O[C@H](CCN2C(=O)C(SCc3ccc(-c4ccccc4)cc3)N(Cc3ccccc3)C2=O)[C@@H](O)[C@H]1O. The highest BCUT2D eigenvalue weighted by Gasteiger charge is 2.48. The van der Waals surface area contributed by atoms with E-state index in [0.29, 0.717) is 16.9 Å². The van der Waals surface area contributed by atoms with Gasteiger partial charge in [0, 0.05) is 18.8 Å². The minimum absolute atomic E-state index is 0.00670. The number of rotatable bonds is 10. The first-order chi connectivity index (χ1) is 22.9. The fourth-order valence-electron chi connectivity index (χ4n) is 6.02. The lowest BCUT2D eigenvalue weighted by atomic mass is 10.0. The molecule has 0 saturated carbocycles. The molecule has 5 aromatic rings. The summed E-state index contributed by atoms with van der Waals surface area (Å²) in [5.41, 5.74) is 10.8. The molecule has 12 nitrogen and oxygen atoms in total. The third-order valence-electron chi connectivity index (χ3n) is 8.54. The number of nitrogen functional groups attached to an aromatic ring is 1. The standard InChI is InChI=1S/C34H33N7O5S/c35-29-26-30(37-19-36-29)41(20-38-26)32-28(43)27(42)25(46-32)15-16-39-31(44)33(40(34(39)45)17-21-7-3-1-4-8-21)47-18-22-11-13-24(14-12-22)23-9-5-2-6-10-23/h1-14,19-20,25,27-28,32-33,42-43H,15-18H2,(H2,35,36,37)/t25-,27-,28-,32-,33?/m1/s1. The number of thioether (sulfide) groups is 1. The van der Waals surface area contributed by atoms with Gasteiger partial charge in [-0.25, -0.2) is 19.7 Å². The average Bonchev–Trinajstić information content (AvgIpc) is 3.72. The molecule has 47 heavy (non-hydrogen) atoms. The van der Waals surface area contributed by atoms with Crippen molar-refractivity contribution < 1.29 is 24.5 Å². The lowest BCUT2D eigenvalue weighted by Crippen LogP contribution is -2.37. The van der Waals surface area contributed by atoms with Gasteiger partial charge < -0.3 is 20.7 Å². The molecular formula is C34H33N7O5S. The van der Waals surface area contributed by atoms with Gasteiger partial charge in [-0.1, -0.05) is 84.9 Å². The fourth-order valence-corrected chi connectivity index (χ4v) is 7.18. The summed E-state index contributed by atoms with van der Waals surface area (Å²) in [7, 11) is 0. The molecule has 2 aliphatic heterocycles. The molecular weight excluding hydrogens is 618 g/mol. The molecule has 2 aliphatic rings. The molecule has 3 amide bonds. The first kappa shape index (κ1) is 30.8. The van der Waals surface area contributed by atoms with Crippen LogP contribution in [0.2, 0.25) is 0 Å². The van der Waals surface area contributed by atoms with Crippen molar-refractivity contribution in [3.8, 4) is 11.1 Å². The monoisotopic (exact) mass is 651 g/mol. The van der Waals surface area contributed by atoms with Crippen LogP contribution < -0.4 is 5.73 Å². The summed E-state index contributed by atoms with van der Waals surface area (Å²) in [4.78, 5) is 42.7. The lowest BCUT2D eigenvalue weighted by Gasteiger charge is -2.22. The van der Waals surface area contributed by atoms with E-state index in [9.17, 15) is 19.8 Å². The zero-order valence-corrected chi connectivity index (χ0v) is 26.1. The Bertz CT molecular complexity index is 1870. The van der Waals surface area contributed by atoms with Crippen LogP contribution in [0.4, 0.5) is 10.6 Å². The van der Waals surface area contributed by atoms with Gasteiger partial charge in [0.2, 0.25) is 0 Å². The summed E-state index contributed by atoms with van der Waals surface area (Å²) in [6, 6.07) is 27.5. The highest BCUT2D eigenvalue weighted by atomic mass is 32.2. The third-order valence-corrected chi connectivity index (χ3v) is 9.81. The van der Waals surface area contributed by atoms with E-state index in [0.717, 1.165) is 22.3 Å². The van der Waals surface area contributed by atoms with Crippen molar-refractivity contribution in [3.63, 3.8) is 0 Å². The Labute approximate surface area is 274 Å². The Hall–Kier alpha value is -4.82. The second-order valence-corrected chi connectivity index (χ2v) is 12.6. The van der Waals surface area contributed by atoms with E-state index in [1.165, 1.54) is 33.9 Å². The first-order valence-electron chi connectivity index (χ1n) is 15.3. The van der Waals surface area contributed by atoms with Gasteiger partial charge in [-0.15, -0.1) is 11.8 Å². The van der Waals surface area contributed by atoms with Crippen LogP contribution in [0.25, 0.3) is 22.3 Å². The van der Waals surface area contributed by atoms with Crippen molar-refractivity contribution in [3.05, 3.63) is 109 Å². The molecule has 240 valence electrons. The number of imidazole rings is 1. The zero-order chi connectivity index (χ0) is 32.5. The molecule has 0 aliphatic carbocycles. The number of urea groups is 1. The van der Waals surface area contributed by atoms with Gasteiger partial charge in [0.15, 0.2) is 23.1 Å². The second-order valence-electron chi connectivity index (χ2n) is 11.5. The van der Waals surface area contributed by atoms with Crippen LogP contribution in [0, 0.1) is 0 Å². The van der Waals surface area contributed by atoms with E-state index in [1.807, 2.05) is 60.7 Å². The number of carbonyl (C=O) groups is 2. The molecule has 2 aromatic heterocycles. The minimum atomic E-state index is -1.30.